The third kappa shape index (κ3) is 2.11. The summed E-state index contributed by atoms with van der Waals surface area (Å²) < 4.78 is 0. The fraction of sp³-hybridized carbons (Fsp3) is 0. The van der Waals surface area contributed by atoms with E-state index in [-0.39, 0.29) is 0 Å². The largest absolute Gasteiger partial charge is 0.183 e. The summed E-state index contributed by atoms with van der Waals surface area (Å²) in [6.07, 6.45) is 0. The molecule has 6 heteroatoms. The second-order valence-corrected chi connectivity index (χ2v) is 2.97. The Morgan fingerprint density at radius 2 is 1.62 bits per heavy atom. The van der Waals surface area contributed by atoms with E-state index in [0.29, 0.717) is 5.69 Å². The molecule has 2 rings (SSSR count). The highest BCUT2D eigenvalue weighted by Gasteiger charge is 1.97. The number of benzene rings is 2. The van der Waals surface area contributed by atoms with Gasteiger partial charge in [-0.1, -0.05) is 36.4 Å². The zero-order valence-corrected chi connectivity index (χ0v) is 8.28. The van der Waals surface area contributed by atoms with Crippen molar-refractivity contribution in [3.05, 3.63) is 42.5 Å². The Balaban J connectivity index is 2.41. The highest BCUT2D eigenvalue weighted by atomic mass is 15.6. The molecule has 2 aromatic carbocycles. The van der Waals surface area contributed by atoms with Crippen LogP contribution >= 0.6 is 0 Å². The lowest BCUT2D eigenvalue weighted by molar-refractivity contribution is 0.829. The van der Waals surface area contributed by atoms with Crippen LogP contribution in [0.5, 0.6) is 0 Å². The third-order valence-corrected chi connectivity index (χ3v) is 2.04. The lowest BCUT2D eigenvalue weighted by Gasteiger charge is -1.98. The van der Waals surface area contributed by atoms with Crippen molar-refractivity contribution in [2.45, 2.75) is 0 Å². The van der Waals surface area contributed by atoms with E-state index in [0.717, 1.165) is 10.8 Å². The Hall–Kier alpha value is -2.50. The minimum absolute atomic E-state index is 0.710. The highest BCUT2D eigenvalue weighted by molar-refractivity contribution is 5.92. The van der Waals surface area contributed by atoms with Crippen molar-refractivity contribution in [3.8, 4) is 0 Å². The molecule has 6 nitrogen and oxygen atoms in total. The summed E-state index contributed by atoms with van der Waals surface area (Å²) in [6.45, 7) is 0. The first-order chi connectivity index (χ1) is 7.92. The second-order valence-electron chi connectivity index (χ2n) is 2.97. The van der Waals surface area contributed by atoms with Gasteiger partial charge in [0.2, 0.25) is 0 Å². The zero-order chi connectivity index (χ0) is 11.2. The van der Waals surface area contributed by atoms with Crippen LogP contribution in [0.3, 0.4) is 0 Å². The predicted molar refractivity (Wildman–Crippen MR) is 58.5 cm³/mol. The number of nitrogens with zero attached hydrogens (tertiary/aromatic N) is 5. The van der Waals surface area contributed by atoms with Crippen molar-refractivity contribution in [1.82, 2.24) is 0 Å². The van der Waals surface area contributed by atoms with Gasteiger partial charge < -0.3 is 0 Å². The zero-order valence-electron chi connectivity index (χ0n) is 8.28. The van der Waals surface area contributed by atoms with Gasteiger partial charge in [-0.25, -0.2) is 0 Å². The molecular formula is C10H8N6. The van der Waals surface area contributed by atoms with Gasteiger partial charge in [0.15, 0.2) is 0 Å². The molecule has 0 bridgehead atoms. The van der Waals surface area contributed by atoms with Crippen molar-refractivity contribution < 1.29 is 0 Å². The topological polar surface area (TPSA) is 85.6 Å². The van der Waals surface area contributed by atoms with Crippen LogP contribution in [0.25, 0.3) is 10.8 Å². The molecule has 0 aliphatic heterocycles. The average molecular weight is 212 g/mol. The normalized spacial score (nSPS) is 11.5. The molecule has 0 radical (unpaired) electrons. The van der Waals surface area contributed by atoms with Crippen molar-refractivity contribution in [3.63, 3.8) is 0 Å². The second kappa shape index (κ2) is 4.83. The van der Waals surface area contributed by atoms with Gasteiger partial charge >= 0.3 is 0 Å². The lowest BCUT2D eigenvalue weighted by Crippen LogP contribution is -1.71. The standard InChI is InChI=1S/C10H8N6/c11-13-15-16-14-12-10-7-3-5-8-4-1-2-6-9(8)10/h1-7,11H. The molecule has 2 aromatic rings. The van der Waals surface area contributed by atoms with E-state index in [1.807, 2.05) is 42.5 Å². The first kappa shape index (κ1) is 10.0. The third-order valence-electron chi connectivity index (χ3n) is 2.04. The molecule has 0 aromatic heterocycles. The number of nitrogens with one attached hydrogen (secondary N) is 1. The maximum atomic E-state index is 6.38. The van der Waals surface area contributed by atoms with Gasteiger partial charge in [0.1, 0.15) is 0 Å². The van der Waals surface area contributed by atoms with Gasteiger partial charge in [-0.05, 0) is 32.3 Å². The smallest absolute Gasteiger partial charge is 0.0953 e. The summed E-state index contributed by atoms with van der Waals surface area (Å²) in [5.41, 5.74) is 7.09. The van der Waals surface area contributed by atoms with Crippen LogP contribution in [0.15, 0.2) is 68.5 Å². The van der Waals surface area contributed by atoms with Gasteiger partial charge in [0, 0.05) is 5.39 Å². The first-order valence-electron chi connectivity index (χ1n) is 4.57. The summed E-state index contributed by atoms with van der Waals surface area (Å²) in [5, 5.41) is 18.3. The maximum Gasteiger partial charge on any atom is 0.0953 e. The molecule has 1 N–H and O–H groups in total. The molecular weight excluding hydrogens is 204 g/mol. The summed E-state index contributed by atoms with van der Waals surface area (Å²) in [6, 6.07) is 13.6. The van der Waals surface area contributed by atoms with Crippen LogP contribution in [0.1, 0.15) is 0 Å². The Labute approximate surface area is 91.2 Å². The van der Waals surface area contributed by atoms with Crippen molar-refractivity contribution in [2.24, 2.45) is 26.0 Å². The quantitative estimate of drug-likeness (QED) is 0.582. The monoisotopic (exact) mass is 212 g/mol. The number of hydrogen-bond acceptors (Lipinski definition) is 2. The fourth-order valence-corrected chi connectivity index (χ4v) is 1.40. The van der Waals surface area contributed by atoms with Crippen LogP contribution in [0.2, 0.25) is 0 Å². The van der Waals surface area contributed by atoms with E-state index in [1.54, 1.807) is 0 Å². The molecule has 0 fully saturated rings. The number of rotatable bonds is 3. The van der Waals surface area contributed by atoms with E-state index < -0.39 is 0 Å². The van der Waals surface area contributed by atoms with Crippen LogP contribution in [-0.4, -0.2) is 0 Å². The lowest BCUT2D eigenvalue weighted by atomic mass is 10.1. The molecule has 0 amide bonds. The summed E-state index contributed by atoms with van der Waals surface area (Å²) in [7, 11) is 0. The first-order valence-corrected chi connectivity index (χ1v) is 4.57. The Bertz CT molecular complexity index is 555. The number of hydrogen-bond donors (Lipinski definition) is 1. The van der Waals surface area contributed by atoms with Crippen LogP contribution in [-0.2, 0) is 0 Å². The molecule has 16 heavy (non-hydrogen) atoms. The van der Waals surface area contributed by atoms with Gasteiger partial charge in [-0.3, -0.25) is 0 Å². The van der Waals surface area contributed by atoms with Gasteiger partial charge in [-0.2, -0.15) is 5.53 Å². The van der Waals surface area contributed by atoms with E-state index in [4.69, 9.17) is 5.53 Å². The minimum Gasteiger partial charge on any atom is -0.183 e. The average Bonchev–Trinajstić information content (AvgIpc) is 2.35. The van der Waals surface area contributed by atoms with Gasteiger partial charge in [-0.15, -0.1) is 5.11 Å². The van der Waals surface area contributed by atoms with Crippen molar-refractivity contribution >= 4 is 16.5 Å². The van der Waals surface area contributed by atoms with E-state index >= 15 is 0 Å². The van der Waals surface area contributed by atoms with E-state index in [2.05, 4.69) is 26.0 Å². The Morgan fingerprint density at radius 1 is 0.812 bits per heavy atom. The molecule has 78 valence electrons. The van der Waals surface area contributed by atoms with Gasteiger partial charge in [0.05, 0.1) is 5.69 Å². The van der Waals surface area contributed by atoms with Crippen LogP contribution in [0.4, 0.5) is 5.69 Å². The maximum absolute atomic E-state index is 6.38. The van der Waals surface area contributed by atoms with Crippen LogP contribution in [0, 0.1) is 5.53 Å². The molecule has 0 atom stereocenters. The molecule has 0 saturated carbocycles. The Morgan fingerprint density at radius 3 is 2.50 bits per heavy atom. The van der Waals surface area contributed by atoms with Crippen molar-refractivity contribution in [2.75, 3.05) is 0 Å². The fourth-order valence-electron chi connectivity index (χ4n) is 1.40. The van der Waals surface area contributed by atoms with Crippen molar-refractivity contribution in [1.29, 1.82) is 5.53 Å². The minimum atomic E-state index is 0.710. The highest BCUT2D eigenvalue weighted by Crippen LogP contribution is 2.25. The Kier molecular flexibility index (Phi) is 3.03. The summed E-state index contributed by atoms with van der Waals surface area (Å²) in [4.78, 5) is 0. The molecule has 0 heterocycles. The predicted octanol–water partition coefficient (Wildman–Crippen LogP) is 4.24. The molecule has 0 aliphatic rings. The molecule has 0 aliphatic carbocycles. The summed E-state index contributed by atoms with van der Waals surface area (Å²) >= 11 is 0. The number of fused-ring (bicyclic) bond motifs is 1. The van der Waals surface area contributed by atoms with Crippen LogP contribution < -0.4 is 0 Å². The molecule has 0 unspecified atom stereocenters. The van der Waals surface area contributed by atoms with E-state index in [1.165, 1.54) is 0 Å². The van der Waals surface area contributed by atoms with E-state index in [9.17, 15) is 0 Å². The van der Waals surface area contributed by atoms with Gasteiger partial charge in [0.25, 0.3) is 0 Å². The SMILES string of the molecule is N=NN=NN=Nc1cccc2ccccc12. The summed E-state index contributed by atoms with van der Waals surface area (Å²) in [5.74, 6) is 0. The molecule has 0 saturated heterocycles. The molecule has 0 spiro atoms.